The van der Waals surface area contributed by atoms with Gasteiger partial charge in [0.25, 0.3) is 0 Å². The first-order valence-corrected chi connectivity index (χ1v) is 42.5. The summed E-state index contributed by atoms with van der Waals surface area (Å²) in [6.07, 6.45) is 5.64. The van der Waals surface area contributed by atoms with Gasteiger partial charge in [-0.25, -0.2) is 15.0 Å². The van der Waals surface area contributed by atoms with Crippen LogP contribution in [-0.2, 0) is 0 Å². The minimum atomic E-state index is 0.740. The van der Waals surface area contributed by atoms with Crippen molar-refractivity contribution in [3.63, 3.8) is 0 Å². The van der Waals surface area contributed by atoms with Crippen LogP contribution in [0.5, 0.6) is 0 Å². The Kier molecular flexibility index (Phi) is 14.3. The number of nitrogens with zero attached hydrogens (tertiary/aromatic N) is 7. The smallest absolute Gasteiger partial charge is 0.159 e. The second kappa shape index (κ2) is 25.7. The van der Waals surface area contributed by atoms with Gasteiger partial charge in [-0.05, 0) is 150 Å². The monoisotopic (exact) mass is 1570 g/mol. The molecule has 0 saturated heterocycles. The van der Waals surface area contributed by atoms with Gasteiger partial charge in [0.15, 0.2) is 5.82 Å². The van der Waals surface area contributed by atoms with E-state index in [4.69, 9.17) is 9.97 Å². The van der Waals surface area contributed by atoms with Crippen molar-refractivity contribution in [1.82, 2.24) is 48.6 Å². The van der Waals surface area contributed by atoms with Crippen molar-refractivity contribution in [2.75, 3.05) is 0 Å². The van der Waals surface area contributed by atoms with Crippen molar-refractivity contribution in [3.05, 3.63) is 358 Å². The SMILES string of the molecule is c1ccc(-c2ccc3c4cc5c(cc4n(-c4ccc6ccccc6c4)c3c2)sc2c5ccc3c4ccccc4[nH]c32)nc1.c1ccc(-c2ncc3cc(-n4c5ccccc5c5cc6c(cc54)sc4c6ccc5c6cccnc6[nH]c54)ccc3n2)cc1.c1ccc(-n2c3ccccc3c3cc4c(cc32)sc2c4ccc3[nH]c4ccccc4c32)cc1. The molecule has 12 heterocycles. The summed E-state index contributed by atoms with van der Waals surface area (Å²) < 4.78 is 15.1. The van der Waals surface area contributed by atoms with E-state index in [0.717, 1.165) is 61.5 Å². The zero-order valence-electron chi connectivity index (χ0n) is 63.4. The number of para-hydroxylation sites is 5. The maximum absolute atomic E-state index is 4.87. The molecule has 0 spiro atoms. The van der Waals surface area contributed by atoms with Crippen molar-refractivity contribution in [1.29, 1.82) is 0 Å². The molecule has 0 aliphatic heterocycles. The first-order chi connectivity index (χ1) is 59.0. The first-order valence-electron chi connectivity index (χ1n) is 40.0. The Morgan fingerprint density at radius 2 is 0.756 bits per heavy atom. The number of benzene rings is 16. The standard InChI is InChI=1S/C39H23N3S.C37H21N5S.C30H18N2S/c1-2-8-24-19-26(14-12-23(24)7-1)42-35-20-25(33-10-5-6-18-40-33)13-15-28(35)31-21-32-30-17-16-29-27-9-3-4-11-34(27)41-38(29)39(30)43-37(32)22-36(31)42;1-2-7-21(8-3-1)36-39-20-22-17-23(12-15-30(22)40-36)42-31-11-5-4-9-24(31)28-18-29-26-14-13-25-27-10-6-16-38-37(27)41-34(25)35(26)43-33(29)19-32(28)42;1-2-8-18(9-3-1)32-26-13-7-5-10-19(26)22-16-23-20-14-15-25-29(21-11-4-6-12-24(21)31-25)30(20)33-28(23)17-27(22)32/h1-22,41H;1-20H,(H,38,41);1-17,31H. The molecule has 12 aromatic heterocycles. The van der Waals surface area contributed by atoms with E-state index in [1.54, 1.807) is 0 Å². The Labute approximate surface area is 688 Å². The van der Waals surface area contributed by atoms with Gasteiger partial charge >= 0.3 is 0 Å². The molecule has 0 unspecified atom stereocenters. The summed E-state index contributed by atoms with van der Waals surface area (Å²) >= 11 is 5.63. The molecule has 28 rings (SSSR count). The van der Waals surface area contributed by atoms with Crippen LogP contribution in [0.25, 0.3) is 253 Å². The number of nitrogens with one attached hydrogen (secondary N) is 3. The summed E-state index contributed by atoms with van der Waals surface area (Å²) in [4.78, 5) is 29.7. The van der Waals surface area contributed by atoms with E-state index in [9.17, 15) is 0 Å². The fourth-order valence-corrected chi connectivity index (χ4v) is 22.8. The van der Waals surface area contributed by atoms with Crippen molar-refractivity contribution in [3.8, 4) is 39.7 Å². The van der Waals surface area contributed by atoms with Gasteiger partial charge in [-0.2, -0.15) is 0 Å². The average molecular weight is 1570 g/mol. The quantitative estimate of drug-likeness (QED) is 0.159. The van der Waals surface area contributed by atoms with E-state index >= 15 is 0 Å². The fraction of sp³-hybridized carbons (Fsp3) is 0. The van der Waals surface area contributed by atoms with Gasteiger partial charge in [-0.1, -0.05) is 200 Å². The summed E-state index contributed by atoms with van der Waals surface area (Å²) in [7, 11) is 0. The van der Waals surface area contributed by atoms with Gasteiger partial charge in [0, 0.05) is 184 Å². The molecule has 0 amide bonds. The Morgan fingerprint density at radius 3 is 1.45 bits per heavy atom. The molecule has 13 heteroatoms. The van der Waals surface area contributed by atoms with E-state index in [1.807, 2.05) is 95.1 Å². The maximum Gasteiger partial charge on any atom is 0.159 e. The van der Waals surface area contributed by atoms with E-state index < -0.39 is 0 Å². The average Bonchev–Trinajstić information content (AvgIpc) is 1.56. The van der Waals surface area contributed by atoms with Crippen LogP contribution in [0, 0.1) is 0 Å². The molecule has 119 heavy (non-hydrogen) atoms. The van der Waals surface area contributed by atoms with Gasteiger partial charge in [-0.3, -0.25) is 4.98 Å². The number of fused-ring (bicyclic) bond motifs is 32. The van der Waals surface area contributed by atoms with Crippen LogP contribution < -0.4 is 0 Å². The number of aromatic nitrogens is 10. The molecular weight excluding hydrogens is 1510 g/mol. The van der Waals surface area contributed by atoms with Crippen LogP contribution in [-0.4, -0.2) is 48.6 Å². The van der Waals surface area contributed by atoms with Crippen LogP contribution in [0.15, 0.2) is 358 Å². The largest absolute Gasteiger partial charge is 0.354 e. The molecule has 0 radical (unpaired) electrons. The number of hydrogen-bond donors (Lipinski definition) is 3. The second-order valence-corrected chi connectivity index (χ2v) is 34.2. The van der Waals surface area contributed by atoms with Crippen molar-refractivity contribution in [2.45, 2.75) is 0 Å². The predicted molar refractivity (Wildman–Crippen MR) is 506 cm³/mol. The highest BCUT2D eigenvalue weighted by atomic mass is 32.1. The van der Waals surface area contributed by atoms with E-state index in [1.165, 1.54) is 191 Å². The molecule has 0 bridgehead atoms. The van der Waals surface area contributed by atoms with Crippen LogP contribution in [0.3, 0.4) is 0 Å². The zero-order valence-corrected chi connectivity index (χ0v) is 65.9. The van der Waals surface area contributed by atoms with Crippen molar-refractivity contribution in [2.24, 2.45) is 0 Å². The number of rotatable bonds is 5. The second-order valence-electron chi connectivity index (χ2n) is 31.0. The van der Waals surface area contributed by atoms with Crippen LogP contribution >= 0.6 is 34.0 Å². The number of pyridine rings is 2. The normalized spacial score (nSPS) is 12.2. The highest BCUT2D eigenvalue weighted by Gasteiger charge is 2.24. The molecule has 0 atom stereocenters. The number of aromatic amines is 3. The molecule has 16 aromatic carbocycles. The van der Waals surface area contributed by atoms with E-state index in [0.29, 0.717) is 0 Å². The maximum atomic E-state index is 4.87. The summed E-state index contributed by atoms with van der Waals surface area (Å²) in [5.41, 5.74) is 21.7. The van der Waals surface area contributed by atoms with Gasteiger partial charge in [0.1, 0.15) is 5.65 Å². The molecule has 3 N–H and O–H groups in total. The molecule has 0 aliphatic rings. The molecule has 0 aliphatic carbocycles. The lowest BCUT2D eigenvalue weighted by Gasteiger charge is -2.10. The molecule has 28 aromatic rings. The number of thiophene rings is 3. The van der Waals surface area contributed by atoms with Crippen LogP contribution in [0.4, 0.5) is 0 Å². The minimum Gasteiger partial charge on any atom is -0.354 e. The lowest BCUT2D eigenvalue weighted by molar-refractivity contribution is 1.18. The molecule has 10 nitrogen and oxygen atoms in total. The molecular formula is C106H62N10S3. The Hall–Kier alpha value is -15.1. The lowest BCUT2D eigenvalue weighted by Crippen LogP contribution is -1.95. The Balaban J connectivity index is 0.0000000978. The summed E-state index contributed by atoms with van der Waals surface area (Å²) in [6, 6.07) is 122. The van der Waals surface area contributed by atoms with Crippen molar-refractivity contribution < 1.29 is 0 Å². The van der Waals surface area contributed by atoms with Crippen LogP contribution in [0.1, 0.15) is 0 Å². The van der Waals surface area contributed by atoms with E-state index in [-0.39, 0.29) is 0 Å². The van der Waals surface area contributed by atoms with Gasteiger partial charge in [-0.15, -0.1) is 34.0 Å². The van der Waals surface area contributed by atoms with Gasteiger partial charge in [0.05, 0.1) is 64.7 Å². The topological polar surface area (TPSA) is 114 Å². The third-order valence-corrected chi connectivity index (χ3v) is 28.1. The summed E-state index contributed by atoms with van der Waals surface area (Å²) in [5.74, 6) is 0.740. The number of H-pyrrole nitrogens is 3. The summed E-state index contributed by atoms with van der Waals surface area (Å²) in [6.45, 7) is 0. The van der Waals surface area contributed by atoms with E-state index in [2.05, 4.69) is 336 Å². The fourth-order valence-electron chi connectivity index (χ4n) is 19.1. The Bertz CT molecular complexity index is 9150. The van der Waals surface area contributed by atoms with Crippen molar-refractivity contribution >= 4 is 247 Å². The highest BCUT2D eigenvalue weighted by Crippen LogP contribution is 2.49. The lowest BCUT2D eigenvalue weighted by atomic mass is 10.0. The molecule has 554 valence electrons. The number of hydrogen-bond acceptors (Lipinski definition) is 7. The zero-order chi connectivity index (χ0) is 77.7. The predicted octanol–water partition coefficient (Wildman–Crippen LogP) is 29.6. The molecule has 0 saturated carbocycles. The highest BCUT2D eigenvalue weighted by molar-refractivity contribution is 7.27. The van der Waals surface area contributed by atoms with Gasteiger partial charge < -0.3 is 28.7 Å². The molecule has 0 fully saturated rings. The van der Waals surface area contributed by atoms with Gasteiger partial charge in [0.2, 0.25) is 0 Å². The Morgan fingerprint density at radius 1 is 0.252 bits per heavy atom. The van der Waals surface area contributed by atoms with Crippen LogP contribution in [0.2, 0.25) is 0 Å². The summed E-state index contributed by atoms with van der Waals surface area (Å²) in [5, 5.41) is 26.5. The minimum absolute atomic E-state index is 0.740. The first kappa shape index (κ1) is 66.2. The third-order valence-electron chi connectivity index (χ3n) is 24.5. The third kappa shape index (κ3) is 10.1.